The standard InChI is InChI=1S/C24H31N3O2S/c1-4-5-6-9-13-20-17-19(18-25-27-20)12-8-7-10-15-22(28)26-23-16-11-14-21(30-23)24(2,3)29/h1,11,14,17-18,29H,5-10,12-13,15H2,2-3H3,(H,26,28). The number of aliphatic hydroxyl groups is 1. The molecule has 0 aromatic carbocycles. The molecule has 0 unspecified atom stereocenters. The maximum Gasteiger partial charge on any atom is 0.225 e. The van der Waals surface area contributed by atoms with Gasteiger partial charge in [-0.1, -0.05) is 23.9 Å². The van der Waals surface area contributed by atoms with Crippen molar-refractivity contribution in [1.82, 2.24) is 15.5 Å². The van der Waals surface area contributed by atoms with Crippen molar-refractivity contribution in [2.75, 3.05) is 0 Å². The minimum absolute atomic E-state index is 0.0183. The van der Waals surface area contributed by atoms with E-state index in [1.54, 1.807) is 19.9 Å². The van der Waals surface area contributed by atoms with Crippen molar-refractivity contribution in [1.29, 1.82) is 0 Å². The molecule has 160 valence electrons. The quantitative estimate of drug-likeness (QED) is 0.294. The Bertz CT molecular complexity index is 856. The summed E-state index contributed by atoms with van der Waals surface area (Å²) >= 11 is 1.35. The number of nitrogens with one attached hydrogen (secondary N) is 1. The third-order valence-corrected chi connectivity index (χ3v) is 5.93. The molecule has 6 heteroatoms. The molecular weight excluding hydrogens is 394 g/mol. The number of carbonyl (C=O) groups is 1. The monoisotopic (exact) mass is 425 g/mol. The second kappa shape index (κ2) is 12.4. The summed E-state index contributed by atoms with van der Waals surface area (Å²) in [6.45, 7) is 3.45. The van der Waals surface area contributed by atoms with E-state index in [-0.39, 0.29) is 5.91 Å². The number of rotatable bonds is 12. The number of hydrogen-bond donors (Lipinski definition) is 2. The summed E-state index contributed by atoms with van der Waals surface area (Å²) in [7, 11) is 0. The molecule has 1 aromatic rings. The molecule has 2 rings (SSSR count). The van der Waals surface area contributed by atoms with E-state index in [1.807, 2.05) is 12.3 Å². The number of nitrogens with zero attached hydrogens (tertiary/aromatic N) is 2. The third kappa shape index (κ3) is 9.00. The van der Waals surface area contributed by atoms with Crippen molar-refractivity contribution >= 4 is 17.7 Å². The van der Waals surface area contributed by atoms with Gasteiger partial charge in [0.25, 0.3) is 0 Å². The highest BCUT2D eigenvalue weighted by molar-refractivity contribution is 8.06. The number of unbranched alkanes of at least 4 members (excludes halogenated alkanes) is 4. The molecule has 0 aliphatic carbocycles. The number of thioether (sulfide) groups is 1. The summed E-state index contributed by atoms with van der Waals surface area (Å²) in [6.07, 6.45) is 18.7. The van der Waals surface area contributed by atoms with Gasteiger partial charge in [0.1, 0.15) is 5.03 Å². The zero-order valence-corrected chi connectivity index (χ0v) is 18.7. The van der Waals surface area contributed by atoms with Crippen molar-refractivity contribution in [3.8, 4) is 12.3 Å². The molecule has 0 fully saturated rings. The highest BCUT2D eigenvalue weighted by atomic mass is 32.2. The Balaban J connectivity index is 1.63. The Hall–Kier alpha value is -2.32. The minimum atomic E-state index is -0.928. The molecule has 0 atom stereocenters. The normalized spacial score (nSPS) is 13.4. The summed E-state index contributed by atoms with van der Waals surface area (Å²) in [5.74, 6) is 2.64. The first kappa shape index (κ1) is 24.0. The lowest BCUT2D eigenvalue weighted by atomic mass is 10.1. The van der Waals surface area contributed by atoms with Crippen LogP contribution in [0.3, 0.4) is 0 Å². The zero-order valence-electron chi connectivity index (χ0n) is 17.9. The largest absolute Gasteiger partial charge is 0.385 e. The molecule has 0 spiro atoms. The van der Waals surface area contributed by atoms with Crippen LogP contribution < -0.4 is 5.32 Å². The van der Waals surface area contributed by atoms with Crippen LogP contribution in [-0.4, -0.2) is 26.8 Å². The molecule has 2 N–H and O–H groups in total. The number of aryl methyl sites for hydroxylation is 2. The topological polar surface area (TPSA) is 75.1 Å². The average Bonchev–Trinajstić information content (AvgIpc) is 2.71. The van der Waals surface area contributed by atoms with Crippen LogP contribution in [0.5, 0.6) is 0 Å². The van der Waals surface area contributed by atoms with Crippen LogP contribution in [0.15, 0.2) is 40.1 Å². The minimum Gasteiger partial charge on any atom is -0.385 e. The molecule has 30 heavy (non-hydrogen) atoms. The molecule has 1 aliphatic heterocycles. The number of aromatic nitrogens is 2. The van der Waals surface area contributed by atoms with Gasteiger partial charge in [-0.3, -0.25) is 4.79 Å². The van der Waals surface area contributed by atoms with E-state index in [0.29, 0.717) is 11.4 Å². The molecule has 1 aliphatic rings. The Morgan fingerprint density at radius 2 is 2.07 bits per heavy atom. The van der Waals surface area contributed by atoms with E-state index in [4.69, 9.17) is 6.42 Å². The SMILES string of the molecule is C#CCCCCc1cc(CCCCCC(=O)NC2=C=CC=C(C(C)(C)O)S2)cnn1. The zero-order chi connectivity index (χ0) is 21.8. The molecule has 1 aromatic heterocycles. The van der Waals surface area contributed by atoms with Gasteiger partial charge in [-0.2, -0.15) is 10.2 Å². The van der Waals surface area contributed by atoms with Gasteiger partial charge in [0, 0.05) is 17.7 Å². The van der Waals surface area contributed by atoms with E-state index >= 15 is 0 Å². The molecule has 2 heterocycles. The van der Waals surface area contributed by atoms with Crippen LogP contribution in [0.4, 0.5) is 0 Å². The third-order valence-electron chi connectivity index (χ3n) is 4.65. The summed E-state index contributed by atoms with van der Waals surface area (Å²) in [5, 5.41) is 21.9. The second-order valence-electron chi connectivity index (χ2n) is 7.91. The lowest BCUT2D eigenvalue weighted by Crippen LogP contribution is -2.25. The van der Waals surface area contributed by atoms with Crippen LogP contribution >= 0.6 is 11.8 Å². The predicted octanol–water partition coefficient (Wildman–Crippen LogP) is 4.44. The van der Waals surface area contributed by atoms with E-state index in [9.17, 15) is 9.90 Å². The van der Waals surface area contributed by atoms with Gasteiger partial charge in [-0.25, -0.2) is 0 Å². The molecular formula is C24H31N3O2S. The molecule has 1 amide bonds. The number of allylic oxidation sites excluding steroid dienone is 2. The van der Waals surface area contributed by atoms with Crippen molar-refractivity contribution in [2.24, 2.45) is 0 Å². The second-order valence-corrected chi connectivity index (χ2v) is 8.96. The van der Waals surface area contributed by atoms with Crippen molar-refractivity contribution in [2.45, 2.75) is 77.2 Å². The van der Waals surface area contributed by atoms with E-state index in [1.165, 1.54) is 17.3 Å². The van der Waals surface area contributed by atoms with Gasteiger partial charge in [-0.05, 0) is 76.2 Å². The highest BCUT2D eigenvalue weighted by Gasteiger charge is 2.22. The Morgan fingerprint density at radius 3 is 2.83 bits per heavy atom. The van der Waals surface area contributed by atoms with Crippen LogP contribution in [0, 0.1) is 12.3 Å². The van der Waals surface area contributed by atoms with Crippen LogP contribution in [0.25, 0.3) is 0 Å². The van der Waals surface area contributed by atoms with Gasteiger partial charge < -0.3 is 10.4 Å². The lowest BCUT2D eigenvalue weighted by molar-refractivity contribution is -0.120. The fraction of sp³-hybridized carbons (Fsp3) is 0.500. The Morgan fingerprint density at radius 1 is 1.27 bits per heavy atom. The first-order valence-corrected chi connectivity index (χ1v) is 11.3. The maximum atomic E-state index is 12.2. The van der Waals surface area contributed by atoms with Crippen LogP contribution in [-0.2, 0) is 17.6 Å². The number of terminal acetylenes is 1. The number of hydrogen-bond acceptors (Lipinski definition) is 5. The number of carbonyl (C=O) groups excluding carboxylic acids is 1. The fourth-order valence-electron chi connectivity index (χ4n) is 2.99. The Kier molecular flexibility index (Phi) is 9.89. The molecule has 0 radical (unpaired) electrons. The van der Waals surface area contributed by atoms with Gasteiger partial charge >= 0.3 is 0 Å². The first-order valence-electron chi connectivity index (χ1n) is 10.5. The van der Waals surface area contributed by atoms with E-state index in [0.717, 1.165) is 62.0 Å². The summed E-state index contributed by atoms with van der Waals surface area (Å²) in [5.41, 5.74) is 4.31. The van der Waals surface area contributed by atoms with E-state index < -0.39 is 5.60 Å². The maximum absolute atomic E-state index is 12.2. The Labute approximate surface area is 184 Å². The van der Waals surface area contributed by atoms with E-state index in [2.05, 4.69) is 33.2 Å². The average molecular weight is 426 g/mol. The van der Waals surface area contributed by atoms with Gasteiger partial charge in [0.2, 0.25) is 5.91 Å². The smallest absolute Gasteiger partial charge is 0.225 e. The molecule has 0 saturated heterocycles. The first-order chi connectivity index (χ1) is 14.4. The molecule has 0 bridgehead atoms. The summed E-state index contributed by atoms with van der Waals surface area (Å²) in [4.78, 5) is 13.0. The fourth-order valence-corrected chi connectivity index (χ4v) is 3.88. The van der Waals surface area contributed by atoms with Crippen molar-refractivity contribution in [3.63, 3.8) is 0 Å². The lowest BCUT2D eigenvalue weighted by Gasteiger charge is -2.22. The summed E-state index contributed by atoms with van der Waals surface area (Å²) in [6, 6.07) is 2.13. The summed E-state index contributed by atoms with van der Waals surface area (Å²) < 4.78 is 0. The predicted molar refractivity (Wildman–Crippen MR) is 122 cm³/mol. The van der Waals surface area contributed by atoms with Gasteiger partial charge in [-0.15, -0.1) is 12.3 Å². The van der Waals surface area contributed by atoms with Crippen molar-refractivity contribution in [3.05, 3.63) is 51.3 Å². The highest BCUT2D eigenvalue weighted by Crippen LogP contribution is 2.33. The van der Waals surface area contributed by atoms with Crippen LogP contribution in [0.2, 0.25) is 0 Å². The van der Waals surface area contributed by atoms with Crippen LogP contribution in [0.1, 0.15) is 70.1 Å². The van der Waals surface area contributed by atoms with Crippen molar-refractivity contribution < 1.29 is 9.90 Å². The van der Waals surface area contributed by atoms with Gasteiger partial charge in [0.05, 0.1) is 17.5 Å². The molecule has 5 nitrogen and oxygen atoms in total. The van der Waals surface area contributed by atoms with Gasteiger partial charge in [0.15, 0.2) is 0 Å². The molecule has 0 saturated carbocycles. The number of amides is 1.